The van der Waals surface area contributed by atoms with Crippen LogP contribution in [0.4, 0.5) is 0 Å². The molecule has 2 heterocycles. The molecular formula is C21H19N3O2S. The Morgan fingerprint density at radius 3 is 2.44 bits per heavy atom. The summed E-state index contributed by atoms with van der Waals surface area (Å²) in [4.78, 5) is 9.10. The molecule has 5 nitrogen and oxygen atoms in total. The second-order valence-corrected chi connectivity index (χ2v) is 7.03. The lowest BCUT2D eigenvalue weighted by atomic mass is 10.1. The number of aryl methyl sites for hydroxylation is 1. The third kappa shape index (κ3) is 3.90. The van der Waals surface area contributed by atoms with Crippen LogP contribution in [0.3, 0.4) is 0 Å². The van der Waals surface area contributed by atoms with Crippen LogP contribution in [0.25, 0.3) is 22.6 Å². The molecule has 0 saturated carbocycles. The largest absolute Gasteiger partial charge is 0.481 e. The highest BCUT2D eigenvalue weighted by molar-refractivity contribution is 7.09. The van der Waals surface area contributed by atoms with Gasteiger partial charge >= 0.3 is 0 Å². The van der Waals surface area contributed by atoms with Crippen molar-refractivity contribution >= 4 is 11.3 Å². The number of hydrogen-bond donors (Lipinski definition) is 0. The molecule has 0 saturated heterocycles. The van der Waals surface area contributed by atoms with Crippen LogP contribution >= 0.6 is 11.3 Å². The van der Waals surface area contributed by atoms with Crippen LogP contribution in [0.2, 0.25) is 0 Å². The van der Waals surface area contributed by atoms with E-state index in [0.29, 0.717) is 11.7 Å². The molecule has 0 fully saturated rings. The third-order valence-corrected chi connectivity index (χ3v) is 5.13. The topological polar surface area (TPSA) is 61.0 Å². The molecule has 136 valence electrons. The molecule has 0 unspecified atom stereocenters. The summed E-state index contributed by atoms with van der Waals surface area (Å²) in [6.45, 7) is 4.00. The molecule has 2 aromatic carbocycles. The molecule has 0 aliphatic rings. The predicted octanol–water partition coefficient (Wildman–Crippen LogP) is 5.56. The molecular weight excluding hydrogens is 358 g/mol. The molecule has 1 atom stereocenters. The van der Waals surface area contributed by atoms with Crippen molar-refractivity contribution in [3.05, 3.63) is 70.9 Å². The summed E-state index contributed by atoms with van der Waals surface area (Å²) in [6.07, 6.45) is 0.632. The molecule has 0 bridgehead atoms. The van der Waals surface area contributed by atoms with Crippen LogP contribution in [0.5, 0.6) is 5.75 Å². The van der Waals surface area contributed by atoms with Gasteiger partial charge in [-0.15, -0.1) is 11.3 Å². The van der Waals surface area contributed by atoms with E-state index in [4.69, 9.17) is 9.26 Å². The molecule has 4 aromatic rings. The molecule has 0 aliphatic carbocycles. The zero-order valence-corrected chi connectivity index (χ0v) is 15.9. The van der Waals surface area contributed by atoms with Gasteiger partial charge in [-0.25, -0.2) is 4.98 Å². The van der Waals surface area contributed by atoms with E-state index in [-0.39, 0.29) is 6.10 Å². The summed E-state index contributed by atoms with van der Waals surface area (Å²) in [5, 5.41) is 7.32. The summed E-state index contributed by atoms with van der Waals surface area (Å²) >= 11 is 1.69. The smallest absolute Gasteiger partial charge is 0.267 e. The molecule has 0 spiro atoms. The fourth-order valence-electron chi connectivity index (χ4n) is 2.67. The van der Waals surface area contributed by atoms with Crippen molar-refractivity contribution in [3.63, 3.8) is 0 Å². The average Bonchev–Trinajstić information content (AvgIpc) is 3.39. The quantitative estimate of drug-likeness (QED) is 0.440. The Labute approximate surface area is 161 Å². The van der Waals surface area contributed by atoms with E-state index in [0.717, 1.165) is 34.0 Å². The zero-order valence-electron chi connectivity index (χ0n) is 15.1. The van der Waals surface area contributed by atoms with Gasteiger partial charge in [-0.1, -0.05) is 54.5 Å². The lowest BCUT2D eigenvalue weighted by Crippen LogP contribution is -2.03. The number of aromatic nitrogens is 3. The number of benzene rings is 2. The van der Waals surface area contributed by atoms with Gasteiger partial charge < -0.3 is 9.26 Å². The second kappa shape index (κ2) is 7.72. The first-order chi connectivity index (χ1) is 13.2. The van der Waals surface area contributed by atoms with Crippen molar-refractivity contribution in [3.8, 4) is 28.4 Å². The maximum Gasteiger partial charge on any atom is 0.267 e. The second-order valence-electron chi connectivity index (χ2n) is 6.09. The fourth-order valence-corrected chi connectivity index (χ4v) is 3.42. The summed E-state index contributed by atoms with van der Waals surface area (Å²) in [6, 6.07) is 17.6. The van der Waals surface area contributed by atoms with Gasteiger partial charge in [0.05, 0.1) is 10.7 Å². The molecule has 6 heteroatoms. The Kier molecular flexibility index (Phi) is 4.98. The molecule has 0 N–H and O–H groups in total. The standard InChI is InChI=1S/C21H19N3O2S/c1-3-19-22-18(13-27-19)15-9-11-16(12-10-15)20-23-21(26-24-20)14(2)25-17-7-5-4-6-8-17/h4-14H,3H2,1-2H3/t14-/m1/s1. The minimum atomic E-state index is -0.324. The van der Waals surface area contributed by atoms with Gasteiger partial charge in [0.2, 0.25) is 5.82 Å². The number of ether oxygens (including phenoxy) is 1. The summed E-state index contributed by atoms with van der Waals surface area (Å²) in [5.41, 5.74) is 2.98. The van der Waals surface area contributed by atoms with Gasteiger partial charge in [0.1, 0.15) is 5.75 Å². The van der Waals surface area contributed by atoms with Crippen LogP contribution in [-0.2, 0) is 6.42 Å². The van der Waals surface area contributed by atoms with E-state index in [9.17, 15) is 0 Å². The van der Waals surface area contributed by atoms with Gasteiger partial charge in [0.25, 0.3) is 5.89 Å². The van der Waals surface area contributed by atoms with E-state index < -0.39 is 0 Å². The Morgan fingerprint density at radius 1 is 1.00 bits per heavy atom. The monoisotopic (exact) mass is 377 g/mol. The van der Waals surface area contributed by atoms with E-state index in [1.807, 2.05) is 61.5 Å². The maximum atomic E-state index is 5.84. The van der Waals surface area contributed by atoms with Crippen molar-refractivity contribution < 1.29 is 9.26 Å². The molecule has 0 amide bonds. The summed E-state index contributed by atoms with van der Waals surface area (Å²) in [5.74, 6) is 1.77. The number of rotatable bonds is 6. The first-order valence-electron chi connectivity index (χ1n) is 8.83. The lowest BCUT2D eigenvalue weighted by Gasteiger charge is -2.09. The van der Waals surface area contributed by atoms with E-state index in [1.54, 1.807) is 11.3 Å². The highest BCUT2D eigenvalue weighted by Crippen LogP contribution is 2.26. The van der Waals surface area contributed by atoms with Crippen LogP contribution in [-0.4, -0.2) is 15.1 Å². The minimum Gasteiger partial charge on any atom is -0.481 e. The van der Waals surface area contributed by atoms with Gasteiger partial charge in [-0.05, 0) is 25.5 Å². The first-order valence-corrected chi connectivity index (χ1v) is 9.71. The Bertz CT molecular complexity index is 1010. The summed E-state index contributed by atoms with van der Waals surface area (Å²) < 4.78 is 11.2. The van der Waals surface area contributed by atoms with Crippen molar-refractivity contribution in [2.45, 2.75) is 26.4 Å². The Hall–Kier alpha value is -2.99. The third-order valence-electron chi connectivity index (χ3n) is 4.14. The van der Waals surface area contributed by atoms with Crippen LogP contribution < -0.4 is 4.74 Å². The van der Waals surface area contributed by atoms with E-state index >= 15 is 0 Å². The average molecular weight is 377 g/mol. The predicted molar refractivity (Wildman–Crippen MR) is 106 cm³/mol. The first kappa shape index (κ1) is 17.4. The van der Waals surface area contributed by atoms with Gasteiger partial charge in [-0.2, -0.15) is 4.98 Å². The lowest BCUT2D eigenvalue weighted by molar-refractivity contribution is 0.176. The van der Waals surface area contributed by atoms with Gasteiger partial charge in [0, 0.05) is 16.5 Å². The maximum absolute atomic E-state index is 5.84. The van der Waals surface area contributed by atoms with E-state index in [1.165, 1.54) is 0 Å². The van der Waals surface area contributed by atoms with Crippen molar-refractivity contribution in [1.29, 1.82) is 0 Å². The fraction of sp³-hybridized carbons (Fsp3) is 0.190. The molecule has 4 rings (SSSR count). The number of thiazole rings is 1. The van der Waals surface area contributed by atoms with Gasteiger partial charge in [0.15, 0.2) is 6.10 Å². The molecule has 2 aromatic heterocycles. The summed E-state index contributed by atoms with van der Waals surface area (Å²) in [7, 11) is 0. The van der Waals surface area contributed by atoms with Gasteiger partial charge in [-0.3, -0.25) is 0 Å². The number of para-hydroxylation sites is 1. The zero-order chi connectivity index (χ0) is 18.6. The molecule has 0 aliphatic heterocycles. The van der Waals surface area contributed by atoms with Crippen molar-refractivity contribution in [1.82, 2.24) is 15.1 Å². The highest BCUT2D eigenvalue weighted by atomic mass is 32.1. The number of nitrogens with zero attached hydrogens (tertiary/aromatic N) is 3. The Morgan fingerprint density at radius 2 is 1.74 bits per heavy atom. The Balaban J connectivity index is 1.49. The number of hydrogen-bond acceptors (Lipinski definition) is 6. The van der Waals surface area contributed by atoms with E-state index in [2.05, 4.69) is 27.4 Å². The van der Waals surface area contributed by atoms with Crippen LogP contribution in [0, 0.1) is 0 Å². The molecule has 27 heavy (non-hydrogen) atoms. The minimum absolute atomic E-state index is 0.324. The normalized spacial score (nSPS) is 12.1. The molecule has 0 radical (unpaired) electrons. The highest BCUT2D eigenvalue weighted by Gasteiger charge is 2.17. The van der Waals surface area contributed by atoms with Crippen LogP contribution in [0.1, 0.15) is 30.8 Å². The SMILES string of the molecule is CCc1nc(-c2ccc(-c3noc([C@@H](C)Oc4ccccc4)n3)cc2)cs1. The van der Waals surface area contributed by atoms with Crippen molar-refractivity contribution in [2.75, 3.05) is 0 Å². The van der Waals surface area contributed by atoms with Crippen LogP contribution in [0.15, 0.2) is 64.5 Å². The van der Waals surface area contributed by atoms with Crippen molar-refractivity contribution in [2.24, 2.45) is 0 Å².